The fraction of sp³-hybridized carbons (Fsp3) is 0.300. The molecule has 9 heteroatoms. The van der Waals surface area contributed by atoms with Gasteiger partial charge in [-0.25, -0.2) is 9.97 Å². The van der Waals surface area contributed by atoms with Crippen molar-refractivity contribution in [1.29, 1.82) is 0 Å². The lowest BCUT2D eigenvalue weighted by atomic mass is 10.3. The average Bonchev–Trinajstić information content (AvgIpc) is 3.02. The first-order valence-electron chi connectivity index (χ1n) is 9.17. The Bertz CT molecular complexity index is 1020. The number of hydrogen-bond acceptors (Lipinski definition) is 7. The van der Waals surface area contributed by atoms with E-state index in [-0.39, 0.29) is 24.9 Å². The topological polar surface area (TPSA) is 96.5 Å². The number of carbonyl (C=O) groups excluding carboxylic acids is 2. The molecule has 0 saturated heterocycles. The van der Waals surface area contributed by atoms with Gasteiger partial charge in [-0.1, -0.05) is 11.3 Å². The van der Waals surface area contributed by atoms with Crippen LogP contribution in [0.25, 0.3) is 10.2 Å². The minimum atomic E-state index is -0.238. The summed E-state index contributed by atoms with van der Waals surface area (Å²) in [5.74, 6) is 0.795. The molecule has 0 aliphatic heterocycles. The number of nitrogens with zero attached hydrogens (tertiary/aromatic N) is 3. The summed E-state index contributed by atoms with van der Waals surface area (Å²) in [5.41, 5.74) is 1.80. The molecule has 0 bridgehead atoms. The van der Waals surface area contributed by atoms with Gasteiger partial charge in [-0.3, -0.25) is 14.5 Å². The molecule has 0 radical (unpaired) electrons. The number of fused-ring (bicyclic) bond motifs is 1. The van der Waals surface area contributed by atoms with Gasteiger partial charge in [0.05, 0.1) is 29.9 Å². The number of aromatic nitrogens is 2. The summed E-state index contributed by atoms with van der Waals surface area (Å²) in [5, 5.41) is 6.02. The third-order valence-electron chi connectivity index (χ3n) is 3.93. The summed E-state index contributed by atoms with van der Waals surface area (Å²) >= 11 is 1.38. The van der Waals surface area contributed by atoms with E-state index in [1.54, 1.807) is 24.2 Å². The molecule has 0 unspecified atom stereocenters. The molecule has 2 aromatic heterocycles. The van der Waals surface area contributed by atoms with Crippen molar-refractivity contribution in [3.63, 3.8) is 0 Å². The first kappa shape index (κ1) is 20.7. The molecule has 0 aliphatic rings. The molecule has 1 aromatic carbocycles. The number of thiazole rings is 1. The van der Waals surface area contributed by atoms with Gasteiger partial charge in [0, 0.05) is 6.20 Å². The van der Waals surface area contributed by atoms with Crippen LogP contribution in [-0.4, -0.2) is 53.4 Å². The summed E-state index contributed by atoms with van der Waals surface area (Å²) in [4.78, 5) is 34.6. The van der Waals surface area contributed by atoms with Crippen LogP contribution in [0.5, 0.6) is 5.75 Å². The molecule has 0 aliphatic carbocycles. The Kier molecular flexibility index (Phi) is 6.73. The van der Waals surface area contributed by atoms with Crippen molar-refractivity contribution in [1.82, 2.24) is 14.9 Å². The van der Waals surface area contributed by atoms with Crippen LogP contribution in [0.1, 0.15) is 12.5 Å². The molecule has 0 atom stereocenters. The molecule has 0 spiro atoms. The van der Waals surface area contributed by atoms with Crippen molar-refractivity contribution < 1.29 is 14.3 Å². The number of anilines is 2. The number of likely N-dealkylation sites (N-methyl/N-ethyl adjacent to an activating group) is 1. The molecule has 8 nitrogen and oxygen atoms in total. The van der Waals surface area contributed by atoms with Gasteiger partial charge in [0.15, 0.2) is 5.13 Å². The highest BCUT2D eigenvalue weighted by Gasteiger charge is 2.13. The first-order chi connectivity index (χ1) is 13.9. The van der Waals surface area contributed by atoms with Crippen molar-refractivity contribution in [2.24, 2.45) is 0 Å². The Labute approximate surface area is 172 Å². The predicted molar refractivity (Wildman–Crippen MR) is 115 cm³/mol. The SMILES string of the molecule is CCOc1ccc2nc(NC(=O)CN(C)CC(=O)Nc3cc(C)ccn3)sc2c1. The van der Waals surface area contributed by atoms with Crippen LogP contribution in [0.3, 0.4) is 0 Å². The van der Waals surface area contributed by atoms with E-state index < -0.39 is 0 Å². The number of rotatable bonds is 8. The molecule has 2 N–H and O–H groups in total. The van der Waals surface area contributed by atoms with Crippen molar-refractivity contribution in [3.8, 4) is 5.75 Å². The lowest BCUT2D eigenvalue weighted by Gasteiger charge is -2.15. The Morgan fingerprint density at radius 2 is 1.90 bits per heavy atom. The van der Waals surface area contributed by atoms with E-state index in [9.17, 15) is 9.59 Å². The monoisotopic (exact) mass is 413 g/mol. The van der Waals surface area contributed by atoms with E-state index in [0.717, 1.165) is 21.5 Å². The van der Waals surface area contributed by atoms with Gasteiger partial charge < -0.3 is 15.4 Å². The van der Waals surface area contributed by atoms with Gasteiger partial charge in [-0.15, -0.1) is 0 Å². The number of nitrogens with one attached hydrogen (secondary N) is 2. The van der Waals surface area contributed by atoms with Crippen LogP contribution in [0, 0.1) is 6.92 Å². The van der Waals surface area contributed by atoms with Gasteiger partial charge in [0.25, 0.3) is 0 Å². The molecule has 3 rings (SSSR count). The summed E-state index contributed by atoms with van der Waals surface area (Å²) in [6.45, 7) is 4.58. The quantitative estimate of drug-likeness (QED) is 0.589. The highest BCUT2D eigenvalue weighted by Crippen LogP contribution is 2.29. The highest BCUT2D eigenvalue weighted by atomic mass is 32.1. The van der Waals surface area contributed by atoms with E-state index in [1.165, 1.54) is 11.3 Å². The van der Waals surface area contributed by atoms with Crippen molar-refractivity contribution in [2.45, 2.75) is 13.8 Å². The van der Waals surface area contributed by atoms with Crippen LogP contribution in [0.2, 0.25) is 0 Å². The minimum absolute atomic E-state index is 0.0643. The van der Waals surface area contributed by atoms with Crippen molar-refractivity contribution in [3.05, 3.63) is 42.1 Å². The molecule has 29 heavy (non-hydrogen) atoms. The Morgan fingerprint density at radius 3 is 2.62 bits per heavy atom. The van der Waals surface area contributed by atoms with E-state index in [2.05, 4.69) is 20.6 Å². The summed E-state index contributed by atoms with van der Waals surface area (Å²) < 4.78 is 6.42. The first-order valence-corrected chi connectivity index (χ1v) is 9.99. The zero-order chi connectivity index (χ0) is 20.8. The Balaban J connectivity index is 1.51. The van der Waals surface area contributed by atoms with E-state index in [4.69, 9.17) is 4.74 Å². The molecule has 2 heterocycles. The summed E-state index contributed by atoms with van der Waals surface area (Å²) in [6.07, 6.45) is 1.64. The smallest absolute Gasteiger partial charge is 0.240 e. The van der Waals surface area contributed by atoms with Gasteiger partial charge in [0.1, 0.15) is 11.6 Å². The van der Waals surface area contributed by atoms with Crippen LogP contribution in [0.15, 0.2) is 36.5 Å². The zero-order valence-electron chi connectivity index (χ0n) is 16.6. The zero-order valence-corrected chi connectivity index (χ0v) is 17.4. The molecule has 0 fully saturated rings. The van der Waals surface area contributed by atoms with Crippen LogP contribution in [0.4, 0.5) is 10.9 Å². The second-order valence-electron chi connectivity index (χ2n) is 6.57. The standard InChI is InChI=1S/C20H23N5O3S/c1-4-28-14-5-6-15-16(10-14)29-20(22-15)24-19(27)12-25(3)11-18(26)23-17-9-13(2)7-8-21-17/h5-10H,4,11-12H2,1-3H3,(H,21,23,26)(H,22,24,27). The minimum Gasteiger partial charge on any atom is -0.494 e. The van der Waals surface area contributed by atoms with Crippen molar-refractivity contribution >= 4 is 44.3 Å². The van der Waals surface area contributed by atoms with Crippen molar-refractivity contribution in [2.75, 3.05) is 37.4 Å². The maximum atomic E-state index is 12.3. The van der Waals surface area contributed by atoms with Crippen LogP contribution in [-0.2, 0) is 9.59 Å². The molecule has 2 amide bonds. The predicted octanol–water partition coefficient (Wildman–Crippen LogP) is 2.91. The molecule has 3 aromatic rings. The lowest BCUT2D eigenvalue weighted by Crippen LogP contribution is -2.36. The third-order valence-corrected chi connectivity index (χ3v) is 4.86. The number of amides is 2. The van der Waals surface area contributed by atoms with E-state index in [1.807, 2.05) is 38.1 Å². The largest absolute Gasteiger partial charge is 0.494 e. The maximum absolute atomic E-state index is 12.3. The van der Waals surface area contributed by atoms with Gasteiger partial charge in [-0.05, 0) is 56.8 Å². The van der Waals surface area contributed by atoms with Crippen LogP contribution >= 0.6 is 11.3 Å². The summed E-state index contributed by atoms with van der Waals surface area (Å²) in [7, 11) is 1.70. The molecule has 152 valence electrons. The third kappa shape index (κ3) is 5.97. The normalized spacial score (nSPS) is 10.9. The number of hydrogen-bond donors (Lipinski definition) is 2. The number of aryl methyl sites for hydroxylation is 1. The van der Waals surface area contributed by atoms with Crippen LogP contribution < -0.4 is 15.4 Å². The fourth-order valence-corrected chi connectivity index (χ4v) is 3.62. The number of carbonyl (C=O) groups is 2. The molecular formula is C20H23N5O3S. The van der Waals surface area contributed by atoms with E-state index in [0.29, 0.717) is 17.6 Å². The molecule has 0 saturated carbocycles. The summed E-state index contributed by atoms with van der Waals surface area (Å²) in [6, 6.07) is 9.26. The lowest BCUT2D eigenvalue weighted by molar-refractivity contribution is -0.119. The second kappa shape index (κ2) is 9.44. The van der Waals surface area contributed by atoms with Gasteiger partial charge >= 0.3 is 0 Å². The number of pyridine rings is 1. The Hall–Kier alpha value is -3.04. The molecular weight excluding hydrogens is 390 g/mol. The number of benzene rings is 1. The van der Waals surface area contributed by atoms with E-state index >= 15 is 0 Å². The maximum Gasteiger partial charge on any atom is 0.240 e. The Morgan fingerprint density at radius 1 is 1.14 bits per heavy atom. The average molecular weight is 414 g/mol. The fourth-order valence-electron chi connectivity index (χ4n) is 2.71. The van der Waals surface area contributed by atoms with Gasteiger partial charge in [0.2, 0.25) is 11.8 Å². The number of ether oxygens (including phenoxy) is 1. The second-order valence-corrected chi connectivity index (χ2v) is 7.60. The highest BCUT2D eigenvalue weighted by molar-refractivity contribution is 7.22. The van der Waals surface area contributed by atoms with Gasteiger partial charge in [-0.2, -0.15) is 0 Å².